The highest BCUT2D eigenvalue weighted by Crippen LogP contribution is 2.35. The molecule has 1 rings (SSSR count). The van der Waals surface area contributed by atoms with Crippen LogP contribution in [0.3, 0.4) is 0 Å². The molecule has 1 saturated carbocycles. The lowest BCUT2D eigenvalue weighted by Crippen LogP contribution is -2.41. The van der Waals surface area contributed by atoms with Crippen molar-refractivity contribution < 1.29 is 9.53 Å². The first-order valence-electron chi connectivity index (χ1n) is 6.96. The number of ether oxygens (including phenoxy) is 1. The van der Waals surface area contributed by atoms with E-state index in [4.69, 9.17) is 4.74 Å². The molecule has 0 amide bonds. The zero-order valence-electron chi connectivity index (χ0n) is 12.1. The summed E-state index contributed by atoms with van der Waals surface area (Å²) in [5.74, 6) is 1.31. The Bertz CT molecular complexity index is 252. The first kappa shape index (κ1) is 14.7. The van der Waals surface area contributed by atoms with Gasteiger partial charge in [0.25, 0.3) is 0 Å². The summed E-state index contributed by atoms with van der Waals surface area (Å²) in [7, 11) is 1.66. The van der Waals surface area contributed by atoms with E-state index in [-0.39, 0.29) is 17.4 Å². The van der Waals surface area contributed by atoms with Gasteiger partial charge >= 0.3 is 0 Å². The van der Waals surface area contributed by atoms with E-state index in [9.17, 15) is 4.79 Å². The lowest BCUT2D eigenvalue weighted by atomic mass is 9.74. The Morgan fingerprint density at radius 3 is 2.47 bits per heavy atom. The molecule has 0 saturated heterocycles. The van der Waals surface area contributed by atoms with Gasteiger partial charge in [-0.05, 0) is 24.2 Å². The third-order valence-corrected chi connectivity index (χ3v) is 4.04. The number of hydrogen-bond acceptors (Lipinski definition) is 2. The zero-order chi connectivity index (χ0) is 13.1. The molecule has 1 aliphatic carbocycles. The number of methoxy groups -OCH3 is 1. The Hall–Kier alpha value is -0.370. The Morgan fingerprint density at radius 2 is 2.00 bits per heavy atom. The molecule has 17 heavy (non-hydrogen) atoms. The molecular weight excluding hydrogens is 212 g/mol. The smallest absolute Gasteiger partial charge is 0.165 e. The fourth-order valence-electron chi connectivity index (χ4n) is 3.03. The first-order valence-corrected chi connectivity index (χ1v) is 6.96. The summed E-state index contributed by atoms with van der Waals surface area (Å²) in [4.78, 5) is 12.5. The number of carbonyl (C=O) groups is 1. The maximum absolute atomic E-state index is 12.5. The average Bonchev–Trinajstić information content (AvgIpc) is 2.28. The minimum Gasteiger partial charge on any atom is -0.373 e. The van der Waals surface area contributed by atoms with Crippen LogP contribution in [0.4, 0.5) is 0 Å². The molecule has 3 unspecified atom stereocenters. The maximum Gasteiger partial charge on any atom is 0.165 e. The molecule has 1 aliphatic rings. The van der Waals surface area contributed by atoms with E-state index in [1.54, 1.807) is 7.11 Å². The molecule has 2 heteroatoms. The highest BCUT2D eigenvalue weighted by Gasteiger charge is 2.37. The molecule has 0 radical (unpaired) electrons. The molecule has 0 aromatic carbocycles. The second-order valence-electron chi connectivity index (χ2n) is 6.52. The summed E-state index contributed by atoms with van der Waals surface area (Å²) in [5, 5.41) is 0. The maximum atomic E-state index is 12.5. The van der Waals surface area contributed by atoms with E-state index in [2.05, 4.69) is 27.7 Å². The largest absolute Gasteiger partial charge is 0.373 e. The van der Waals surface area contributed by atoms with Gasteiger partial charge in [0.05, 0.1) is 0 Å². The molecule has 0 bridgehead atoms. The second kappa shape index (κ2) is 5.99. The molecule has 0 N–H and O–H groups in total. The number of rotatable bonds is 4. The highest BCUT2D eigenvalue weighted by atomic mass is 16.5. The van der Waals surface area contributed by atoms with Crippen molar-refractivity contribution in [2.24, 2.45) is 17.3 Å². The van der Waals surface area contributed by atoms with E-state index in [1.165, 1.54) is 19.3 Å². The van der Waals surface area contributed by atoms with Crippen LogP contribution in [0.15, 0.2) is 0 Å². The van der Waals surface area contributed by atoms with Gasteiger partial charge in [-0.15, -0.1) is 0 Å². The standard InChI is InChI=1S/C15H28O2/c1-6-11-8-7-9-12(10-11)13(16)14(17-5)15(2,3)4/h11-12,14H,6-10H2,1-5H3. The van der Waals surface area contributed by atoms with Gasteiger partial charge in [-0.1, -0.05) is 47.0 Å². The quantitative estimate of drug-likeness (QED) is 0.746. The van der Waals surface area contributed by atoms with E-state index in [1.807, 2.05) is 0 Å². The average molecular weight is 240 g/mol. The Balaban J connectivity index is 2.67. The molecule has 0 heterocycles. The van der Waals surface area contributed by atoms with Gasteiger partial charge in [0.15, 0.2) is 5.78 Å². The normalized spacial score (nSPS) is 27.8. The van der Waals surface area contributed by atoms with Crippen LogP contribution in [0, 0.1) is 17.3 Å². The van der Waals surface area contributed by atoms with Gasteiger partial charge in [0.1, 0.15) is 6.10 Å². The Morgan fingerprint density at radius 1 is 1.35 bits per heavy atom. The summed E-state index contributed by atoms with van der Waals surface area (Å²) in [5.41, 5.74) is -0.0923. The first-order chi connectivity index (χ1) is 7.90. The molecule has 2 nitrogen and oxygen atoms in total. The molecule has 0 aromatic heterocycles. The molecular formula is C15H28O2. The van der Waals surface area contributed by atoms with Crippen molar-refractivity contribution in [3.05, 3.63) is 0 Å². The summed E-state index contributed by atoms with van der Waals surface area (Å²) in [6.45, 7) is 8.48. The van der Waals surface area contributed by atoms with Crippen molar-refractivity contribution in [3.8, 4) is 0 Å². The highest BCUT2D eigenvalue weighted by molar-refractivity contribution is 5.86. The number of hydrogen-bond donors (Lipinski definition) is 0. The lowest BCUT2D eigenvalue weighted by Gasteiger charge is -2.34. The molecule has 0 aromatic rings. The van der Waals surface area contributed by atoms with Crippen molar-refractivity contribution in [1.29, 1.82) is 0 Å². The van der Waals surface area contributed by atoms with Gasteiger partial charge < -0.3 is 4.74 Å². The van der Waals surface area contributed by atoms with E-state index >= 15 is 0 Å². The monoisotopic (exact) mass is 240 g/mol. The van der Waals surface area contributed by atoms with Crippen LogP contribution in [0.1, 0.15) is 59.8 Å². The summed E-state index contributed by atoms with van der Waals surface area (Å²) in [6.07, 6.45) is 5.60. The second-order valence-corrected chi connectivity index (χ2v) is 6.52. The van der Waals surface area contributed by atoms with Crippen molar-refractivity contribution in [2.45, 2.75) is 65.9 Å². The van der Waals surface area contributed by atoms with Crippen LogP contribution in [-0.2, 0) is 9.53 Å². The van der Waals surface area contributed by atoms with Crippen LogP contribution in [0.2, 0.25) is 0 Å². The van der Waals surface area contributed by atoms with E-state index in [0.29, 0.717) is 5.78 Å². The van der Waals surface area contributed by atoms with Gasteiger partial charge in [0.2, 0.25) is 0 Å². The fourth-order valence-corrected chi connectivity index (χ4v) is 3.03. The van der Waals surface area contributed by atoms with E-state index in [0.717, 1.165) is 18.8 Å². The Kier molecular flexibility index (Phi) is 5.18. The molecule has 3 atom stereocenters. The third kappa shape index (κ3) is 3.80. The van der Waals surface area contributed by atoms with Gasteiger partial charge in [-0.2, -0.15) is 0 Å². The number of Topliss-reactive ketones (excluding diaryl/α,β-unsaturated/α-hetero) is 1. The SMILES string of the molecule is CCC1CCCC(C(=O)C(OC)C(C)(C)C)C1. The minimum atomic E-state index is -0.247. The van der Waals surface area contributed by atoms with Crippen LogP contribution in [0.25, 0.3) is 0 Å². The van der Waals surface area contributed by atoms with Crippen molar-refractivity contribution in [2.75, 3.05) is 7.11 Å². The topological polar surface area (TPSA) is 26.3 Å². The predicted molar refractivity (Wildman–Crippen MR) is 71.0 cm³/mol. The van der Waals surface area contributed by atoms with Crippen molar-refractivity contribution in [1.82, 2.24) is 0 Å². The molecule has 0 aliphatic heterocycles. The molecule has 0 spiro atoms. The summed E-state index contributed by atoms with van der Waals surface area (Å²) >= 11 is 0. The predicted octanol–water partition coefficient (Wildman–Crippen LogP) is 3.83. The van der Waals surface area contributed by atoms with Gasteiger partial charge in [0, 0.05) is 13.0 Å². The zero-order valence-corrected chi connectivity index (χ0v) is 12.1. The summed E-state index contributed by atoms with van der Waals surface area (Å²) < 4.78 is 5.45. The summed E-state index contributed by atoms with van der Waals surface area (Å²) in [6, 6.07) is 0. The van der Waals surface area contributed by atoms with Gasteiger partial charge in [-0.25, -0.2) is 0 Å². The minimum absolute atomic E-state index is 0.0923. The van der Waals surface area contributed by atoms with Crippen LogP contribution >= 0.6 is 0 Å². The number of carbonyl (C=O) groups excluding carboxylic acids is 1. The van der Waals surface area contributed by atoms with Gasteiger partial charge in [-0.3, -0.25) is 4.79 Å². The third-order valence-electron chi connectivity index (χ3n) is 4.04. The van der Waals surface area contributed by atoms with Crippen LogP contribution < -0.4 is 0 Å². The lowest BCUT2D eigenvalue weighted by molar-refractivity contribution is -0.140. The fraction of sp³-hybridized carbons (Fsp3) is 0.933. The van der Waals surface area contributed by atoms with Crippen LogP contribution in [0.5, 0.6) is 0 Å². The van der Waals surface area contributed by atoms with Crippen molar-refractivity contribution >= 4 is 5.78 Å². The molecule has 1 fully saturated rings. The number of ketones is 1. The van der Waals surface area contributed by atoms with Crippen molar-refractivity contribution in [3.63, 3.8) is 0 Å². The Labute approximate surface area is 106 Å². The van der Waals surface area contributed by atoms with Crippen LogP contribution in [-0.4, -0.2) is 19.0 Å². The van der Waals surface area contributed by atoms with E-state index < -0.39 is 0 Å². The molecule has 100 valence electrons.